The van der Waals surface area contributed by atoms with E-state index in [9.17, 15) is 9.90 Å². The first-order valence-corrected chi connectivity index (χ1v) is 10.5. The molecule has 0 spiro atoms. The van der Waals surface area contributed by atoms with Crippen LogP contribution >= 0.6 is 0 Å². The van der Waals surface area contributed by atoms with Crippen molar-refractivity contribution in [1.82, 2.24) is 10.2 Å². The van der Waals surface area contributed by atoms with Gasteiger partial charge in [-0.3, -0.25) is 4.79 Å². The Morgan fingerprint density at radius 1 is 1.00 bits per heavy atom. The molecule has 29 heavy (non-hydrogen) atoms. The van der Waals surface area contributed by atoms with Gasteiger partial charge in [-0.2, -0.15) is 0 Å². The third kappa shape index (κ3) is 3.60. The van der Waals surface area contributed by atoms with Crippen molar-refractivity contribution in [2.75, 3.05) is 26.2 Å². The molecule has 5 rings (SSSR count). The number of benzene rings is 3. The van der Waals surface area contributed by atoms with E-state index in [0.717, 1.165) is 31.5 Å². The Labute approximate surface area is 171 Å². The fourth-order valence-corrected chi connectivity index (χ4v) is 5.05. The first-order chi connectivity index (χ1) is 14.2. The van der Waals surface area contributed by atoms with Crippen molar-refractivity contribution in [3.63, 3.8) is 0 Å². The number of nitrogens with one attached hydrogen (secondary N) is 1. The number of phenolic OH excluding ortho intramolecular Hbond substituents is 1. The number of aromatic hydroxyl groups is 1. The Balaban J connectivity index is 1.14. The van der Waals surface area contributed by atoms with E-state index in [2.05, 4.69) is 52.7 Å². The van der Waals surface area contributed by atoms with Gasteiger partial charge in [-0.15, -0.1) is 0 Å². The molecule has 1 saturated carbocycles. The minimum absolute atomic E-state index is 0.0822. The molecule has 1 aliphatic carbocycles. The zero-order chi connectivity index (χ0) is 19.8. The maximum atomic E-state index is 12.2. The Morgan fingerprint density at radius 2 is 1.79 bits per heavy atom. The fourth-order valence-electron chi connectivity index (χ4n) is 5.05. The summed E-state index contributed by atoms with van der Waals surface area (Å²) >= 11 is 0. The highest BCUT2D eigenvalue weighted by Gasteiger charge is 2.47. The standard InChI is InChI=1S/C25H26N2O2/c28-22-9-7-18(8-10-22)25(29)26-11-12-27-15-21-14-23(24(21)16-27)20-6-5-17-3-1-2-4-19(17)13-20/h1-10,13,21,23-24,28H,11-12,14-16H2,(H,26,29). The first kappa shape index (κ1) is 18.2. The lowest BCUT2D eigenvalue weighted by Gasteiger charge is -2.40. The van der Waals surface area contributed by atoms with E-state index in [1.165, 1.54) is 22.8 Å². The van der Waals surface area contributed by atoms with Crippen molar-refractivity contribution in [1.29, 1.82) is 0 Å². The molecule has 148 valence electrons. The van der Waals surface area contributed by atoms with Crippen molar-refractivity contribution in [3.8, 4) is 5.75 Å². The molecule has 2 aliphatic rings. The maximum Gasteiger partial charge on any atom is 0.251 e. The van der Waals surface area contributed by atoms with Gasteiger partial charge < -0.3 is 15.3 Å². The lowest BCUT2D eigenvalue weighted by atomic mass is 9.64. The van der Waals surface area contributed by atoms with Crippen LogP contribution in [0.25, 0.3) is 10.8 Å². The molecule has 1 amide bonds. The van der Waals surface area contributed by atoms with Crippen LogP contribution in [-0.2, 0) is 0 Å². The second-order valence-corrected chi connectivity index (χ2v) is 8.44. The van der Waals surface area contributed by atoms with E-state index in [1.807, 2.05) is 0 Å². The quantitative estimate of drug-likeness (QED) is 0.697. The molecule has 1 aliphatic heterocycles. The predicted molar refractivity (Wildman–Crippen MR) is 115 cm³/mol. The van der Waals surface area contributed by atoms with Crippen LogP contribution in [0.3, 0.4) is 0 Å². The van der Waals surface area contributed by atoms with Crippen LogP contribution in [0.4, 0.5) is 0 Å². The van der Waals surface area contributed by atoms with Crippen LogP contribution in [0, 0.1) is 11.8 Å². The molecule has 4 nitrogen and oxygen atoms in total. The molecular formula is C25H26N2O2. The van der Waals surface area contributed by atoms with Gasteiger partial charge in [0.25, 0.3) is 5.91 Å². The largest absolute Gasteiger partial charge is 0.508 e. The Kier molecular flexibility index (Phi) is 4.72. The molecule has 0 radical (unpaired) electrons. The first-order valence-electron chi connectivity index (χ1n) is 10.5. The van der Waals surface area contributed by atoms with Crippen LogP contribution in [-0.4, -0.2) is 42.1 Å². The summed E-state index contributed by atoms with van der Waals surface area (Å²) in [6.45, 7) is 3.81. The van der Waals surface area contributed by atoms with Gasteiger partial charge in [0.2, 0.25) is 0 Å². The number of carbonyl (C=O) groups excluding carboxylic acids is 1. The summed E-state index contributed by atoms with van der Waals surface area (Å²) in [6.07, 6.45) is 1.28. The van der Waals surface area contributed by atoms with Gasteiger partial charge in [-0.25, -0.2) is 0 Å². The molecule has 3 aromatic carbocycles. The molecule has 3 aromatic rings. The van der Waals surface area contributed by atoms with Gasteiger partial charge in [0, 0.05) is 31.7 Å². The fraction of sp³-hybridized carbons (Fsp3) is 0.320. The van der Waals surface area contributed by atoms with Crippen LogP contribution in [0.2, 0.25) is 0 Å². The number of carbonyl (C=O) groups is 1. The van der Waals surface area contributed by atoms with Crippen LogP contribution in [0.1, 0.15) is 28.3 Å². The minimum Gasteiger partial charge on any atom is -0.508 e. The topological polar surface area (TPSA) is 52.6 Å². The summed E-state index contributed by atoms with van der Waals surface area (Å²) in [5.41, 5.74) is 2.06. The van der Waals surface area contributed by atoms with E-state index in [-0.39, 0.29) is 11.7 Å². The number of fused-ring (bicyclic) bond motifs is 2. The third-order valence-corrected chi connectivity index (χ3v) is 6.69. The van der Waals surface area contributed by atoms with Crippen molar-refractivity contribution >= 4 is 16.7 Å². The number of hydrogen-bond acceptors (Lipinski definition) is 3. The smallest absolute Gasteiger partial charge is 0.251 e. The molecule has 4 heteroatoms. The molecule has 3 unspecified atom stereocenters. The third-order valence-electron chi connectivity index (χ3n) is 6.69. The molecule has 2 fully saturated rings. The van der Waals surface area contributed by atoms with Crippen molar-refractivity contribution in [3.05, 3.63) is 77.9 Å². The average molecular weight is 386 g/mol. The SMILES string of the molecule is O=C(NCCN1CC2CC(c3ccc4ccccc4c3)C2C1)c1ccc(O)cc1. The second kappa shape index (κ2) is 7.53. The van der Waals surface area contributed by atoms with Crippen LogP contribution in [0.15, 0.2) is 66.7 Å². The highest BCUT2D eigenvalue weighted by Crippen LogP contribution is 2.51. The zero-order valence-electron chi connectivity index (χ0n) is 16.4. The van der Waals surface area contributed by atoms with Crippen molar-refractivity contribution in [2.45, 2.75) is 12.3 Å². The highest BCUT2D eigenvalue weighted by molar-refractivity contribution is 5.94. The Bertz CT molecular complexity index is 1030. The number of phenols is 1. The minimum atomic E-state index is -0.0822. The predicted octanol–water partition coefficient (Wildman–Crippen LogP) is 4.01. The molecular weight excluding hydrogens is 360 g/mol. The molecule has 3 atom stereocenters. The summed E-state index contributed by atoms with van der Waals surface area (Å²) in [5, 5.41) is 15.0. The molecule has 1 saturated heterocycles. The molecule has 2 N–H and O–H groups in total. The molecule has 0 bridgehead atoms. The number of likely N-dealkylation sites (tertiary alicyclic amines) is 1. The Morgan fingerprint density at radius 3 is 2.62 bits per heavy atom. The van der Waals surface area contributed by atoms with E-state index >= 15 is 0 Å². The van der Waals surface area contributed by atoms with E-state index in [1.54, 1.807) is 24.3 Å². The molecule has 0 aromatic heterocycles. The number of nitrogens with zero attached hydrogens (tertiary/aromatic N) is 1. The summed E-state index contributed by atoms with van der Waals surface area (Å²) < 4.78 is 0. The van der Waals surface area contributed by atoms with E-state index in [4.69, 9.17) is 0 Å². The monoisotopic (exact) mass is 386 g/mol. The average Bonchev–Trinajstić information content (AvgIpc) is 3.04. The van der Waals surface area contributed by atoms with Gasteiger partial charge in [0.05, 0.1) is 0 Å². The summed E-state index contributed by atoms with van der Waals surface area (Å²) in [5.74, 6) is 2.29. The Hall–Kier alpha value is -2.85. The van der Waals surface area contributed by atoms with Gasteiger partial charge in [-0.1, -0.05) is 42.5 Å². The van der Waals surface area contributed by atoms with Crippen molar-refractivity contribution < 1.29 is 9.90 Å². The van der Waals surface area contributed by atoms with Gasteiger partial charge in [-0.05, 0) is 64.8 Å². The number of rotatable bonds is 5. The maximum absolute atomic E-state index is 12.2. The van der Waals surface area contributed by atoms with E-state index < -0.39 is 0 Å². The summed E-state index contributed by atoms with van der Waals surface area (Å²) in [7, 11) is 0. The summed E-state index contributed by atoms with van der Waals surface area (Å²) in [4.78, 5) is 14.7. The highest BCUT2D eigenvalue weighted by atomic mass is 16.3. The van der Waals surface area contributed by atoms with Gasteiger partial charge in [0.15, 0.2) is 0 Å². The number of amides is 1. The second-order valence-electron chi connectivity index (χ2n) is 8.44. The number of hydrogen-bond donors (Lipinski definition) is 2. The lowest BCUT2D eigenvalue weighted by molar-refractivity contribution is 0.0949. The van der Waals surface area contributed by atoms with Gasteiger partial charge >= 0.3 is 0 Å². The zero-order valence-corrected chi connectivity index (χ0v) is 16.4. The molecule has 1 heterocycles. The van der Waals surface area contributed by atoms with E-state index in [0.29, 0.717) is 18.0 Å². The summed E-state index contributed by atoms with van der Waals surface area (Å²) in [6, 6.07) is 21.9. The van der Waals surface area contributed by atoms with Gasteiger partial charge in [0.1, 0.15) is 5.75 Å². The van der Waals surface area contributed by atoms with Crippen LogP contribution < -0.4 is 5.32 Å². The van der Waals surface area contributed by atoms with Crippen molar-refractivity contribution in [2.24, 2.45) is 11.8 Å². The lowest BCUT2D eigenvalue weighted by Crippen LogP contribution is -2.34. The van der Waals surface area contributed by atoms with Crippen LogP contribution in [0.5, 0.6) is 5.75 Å². The normalized spacial score (nSPS) is 23.5.